The molecule has 13 heavy (non-hydrogen) atoms. The molecule has 0 atom stereocenters. The molecule has 2 rings (SSSR count). The van der Waals surface area contributed by atoms with Crippen molar-refractivity contribution < 1.29 is 4.74 Å². The number of thiol groups is 1. The highest BCUT2D eigenvalue weighted by molar-refractivity contribution is 7.83. The molecule has 1 aromatic heterocycles. The molecule has 0 radical (unpaired) electrons. The average Bonchev–Trinajstić information content (AvgIpc) is 2.42. The number of halogens is 1. The predicted octanol–water partition coefficient (Wildman–Crippen LogP) is 3.85. The molecule has 1 nitrogen and oxygen atoms in total. The Morgan fingerprint density at radius 3 is 2.85 bits per heavy atom. The molecule has 0 aliphatic rings. The van der Waals surface area contributed by atoms with Crippen LogP contribution < -0.4 is 4.74 Å². The Hall–Kier alpha value is -0.380. The average molecular weight is 231 g/mol. The number of methoxy groups -OCH3 is 1. The lowest BCUT2D eigenvalue weighted by Crippen LogP contribution is -1.82. The molecule has 0 saturated carbocycles. The molecule has 0 bridgehead atoms. The van der Waals surface area contributed by atoms with E-state index in [0.29, 0.717) is 10.8 Å². The highest BCUT2D eigenvalue weighted by Crippen LogP contribution is 2.35. The van der Waals surface area contributed by atoms with E-state index in [4.69, 9.17) is 16.3 Å². The third kappa shape index (κ3) is 1.64. The lowest BCUT2D eigenvalue weighted by atomic mass is 10.2. The Morgan fingerprint density at radius 1 is 1.38 bits per heavy atom. The minimum atomic E-state index is 0.640. The van der Waals surface area contributed by atoms with Crippen LogP contribution in [-0.4, -0.2) is 7.11 Å². The van der Waals surface area contributed by atoms with Crippen LogP contribution in [0.3, 0.4) is 0 Å². The summed E-state index contributed by atoms with van der Waals surface area (Å²) in [4.78, 5) is 0. The normalized spacial score (nSPS) is 10.7. The van der Waals surface area contributed by atoms with Crippen molar-refractivity contribution in [3.8, 4) is 5.75 Å². The van der Waals surface area contributed by atoms with Gasteiger partial charge in [0.25, 0.3) is 0 Å². The second-order valence-corrected chi connectivity index (χ2v) is 4.88. The zero-order valence-corrected chi connectivity index (χ0v) is 9.34. The molecular formula is C9H7ClOS2. The highest BCUT2D eigenvalue weighted by Gasteiger charge is 2.05. The maximum Gasteiger partial charge on any atom is 0.138 e. The summed E-state index contributed by atoms with van der Waals surface area (Å²) in [5.41, 5.74) is 0. The summed E-state index contributed by atoms with van der Waals surface area (Å²) >= 11 is 11.9. The molecule has 0 N–H and O–H groups in total. The van der Waals surface area contributed by atoms with Crippen LogP contribution in [0.1, 0.15) is 0 Å². The van der Waals surface area contributed by atoms with Gasteiger partial charge in [0.1, 0.15) is 5.75 Å². The molecule has 0 spiro atoms. The molecule has 1 aromatic carbocycles. The van der Waals surface area contributed by atoms with Gasteiger partial charge in [-0.3, -0.25) is 0 Å². The van der Waals surface area contributed by atoms with Gasteiger partial charge in [-0.1, -0.05) is 11.6 Å². The number of thiophene rings is 1. The van der Waals surface area contributed by atoms with Crippen molar-refractivity contribution in [3.05, 3.63) is 23.2 Å². The quantitative estimate of drug-likeness (QED) is 0.733. The summed E-state index contributed by atoms with van der Waals surface area (Å²) < 4.78 is 7.24. The number of hydrogen-bond acceptors (Lipinski definition) is 3. The fourth-order valence-corrected chi connectivity index (χ4v) is 2.68. The van der Waals surface area contributed by atoms with Gasteiger partial charge in [-0.05, 0) is 23.6 Å². The first kappa shape index (κ1) is 9.19. The maximum atomic E-state index is 5.97. The second-order valence-electron chi connectivity index (χ2n) is 2.61. The highest BCUT2D eigenvalue weighted by atomic mass is 35.5. The van der Waals surface area contributed by atoms with Gasteiger partial charge in [0, 0.05) is 4.70 Å². The first-order valence-corrected chi connectivity index (χ1v) is 5.31. The van der Waals surface area contributed by atoms with Crippen LogP contribution in [0.5, 0.6) is 5.75 Å². The fourth-order valence-electron chi connectivity index (χ4n) is 1.18. The van der Waals surface area contributed by atoms with E-state index < -0.39 is 0 Å². The van der Waals surface area contributed by atoms with E-state index >= 15 is 0 Å². The SMILES string of the molecule is COc1cc2sc(S)cc2cc1Cl. The van der Waals surface area contributed by atoms with E-state index in [1.807, 2.05) is 18.2 Å². The number of ether oxygens (including phenoxy) is 1. The van der Waals surface area contributed by atoms with Crippen molar-refractivity contribution in [3.63, 3.8) is 0 Å². The number of benzene rings is 1. The Labute approximate surface area is 90.7 Å². The van der Waals surface area contributed by atoms with Crippen LogP contribution in [-0.2, 0) is 0 Å². The summed E-state index contributed by atoms with van der Waals surface area (Å²) in [7, 11) is 1.61. The predicted molar refractivity (Wildman–Crippen MR) is 60.6 cm³/mol. The lowest BCUT2D eigenvalue weighted by Gasteiger charge is -2.01. The van der Waals surface area contributed by atoms with Gasteiger partial charge in [0.2, 0.25) is 0 Å². The first-order chi connectivity index (χ1) is 6.20. The van der Waals surface area contributed by atoms with Crippen molar-refractivity contribution in [2.24, 2.45) is 0 Å². The molecule has 2 aromatic rings. The van der Waals surface area contributed by atoms with Crippen molar-refractivity contribution in [2.75, 3.05) is 7.11 Å². The summed E-state index contributed by atoms with van der Waals surface area (Å²) in [6.07, 6.45) is 0. The second kappa shape index (κ2) is 3.40. The monoisotopic (exact) mass is 230 g/mol. The van der Waals surface area contributed by atoms with Crippen LogP contribution >= 0.6 is 35.6 Å². The smallest absolute Gasteiger partial charge is 0.138 e. The molecule has 0 fully saturated rings. The zero-order valence-electron chi connectivity index (χ0n) is 6.87. The molecular weight excluding hydrogens is 224 g/mol. The van der Waals surface area contributed by atoms with Crippen molar-refractivity contribution in [1.29, 1.82) is 0 Å². The van der Waals surface area contributed by atoms with E-state index in [1.165, 1.54) is 0 Å². The van der Waals surface area contributed by atoms with Gasteiger partial charge in [-0.15, -0.1) is 24.0 Å². The van der Waals surface area contributed by atoms with Crippen LogP contribution in [0.2, 0.25) is 5.02 Å². The third-order valence-corrected chi connectivity index (χ3v) is 3.38. The third-order valence-electron chi connectivity index (χ3n) is 1.78. The van der Waals surface area contributed by atoms with E-state index in [1.54, 1.807) is 18.4 Å². The zero-order chi connectivity index (χ0) is 9.42. The molecule has 0 aliphatic carbocycles. The van der Waals surface area contributed by atoms with E-state index in [-0.39, 0.29) is 0 Å². The summed E-state index contributed by atoms with van der Waals surface area (Å²) in [5.74, 6) is 0.712. The topological polar surface area (TPSA) is 9.23 Å². The standard InChI is InChI=1S/C9H7ClOS2/c1-11-7-4-8-5(2-6(7)10)3-9(12)13-8/h2-4,12H,1H3. The molecule has 4 heteroatoms. The van der Waals surface area contributed by atoms with E-state index in [9.17, 15) is 0 Å². The summed E-state index contributed by atoms with van der Waals surface area (Å²) in [5, 5.41) is 1.75. The van der Waals surface area contributed by atoms with Gasteiger partial charge in [-0.2, -0.15) is 0 Å². The van der Waals surface area contributed by atoms with E-state index in [0.717, 1.165) is 14.3 Å². The Bertz CT molecular complexity index is 450. The summed E-state index contributed by atoms with van der Waals surface area (Å²) in [6, 6.07) is 5.82. The number of hydrogen-bond donors (Lipinski definition) is 1. The molecule has 68 valence electrons. The van der Waals surface area contributed by atoms with Crippen LogP contribution in [0.4, 0.5) is 0 Å². The minimum Gasteiger partial charge on any atom is -0.495 e. The van der Waals surface area contributed by atoms with Gasteiger partial charge in [-0.25, -0.2) is 0 Å². The largest absolute Gasteiger partial charge is 0.495 e. The van der Waals surface area contributed by atoms with Gasteiger partial charge >= 0.3 is 0 Å². The van der Waals surface area contributed by atoms with Gasteiger partial charge in [0.15, 0.2) is 0 Å². The number of rotatable bonds is 1. The molecule has 0 unspecified atom stereocenters. The van der Waals surface area contributed by atoms with Crippen LogP contribution in [0.15, 0.2) is 22.4 Å². The van der Waals surface area contributed by atoms with Gasteiger partial charge in [0.05, 0.1) is 16.3 Å². The van der Waals surface area contributed by atoms with Gasteiger partial charge < -0.3 is 4.74 Å². The molecule has 0 aliphatic heterocycles. The van der Waals surface area contributed by atoms with Crippen LogP contribution in [0, 0.1) is 0 Å². The Morgan fingerprint density at radius 2 is 2.15 bits per heavy atom. The fraction of sp³-hybridized carbons (Fsp3) is 0.111. The number of fused-ring (bicyclic) bond motifs is 1. The molecule has 1 heterocycles. The van der Waals surface area contributed by atoms with Crippen molar-refractivity contribution in [2.45, 2.75) is 4.21 Å². The minimum absolute atomic E-state index is 0.640. The maximum absolute atomic E-state index is 5.97. The molecule has 0 amide bonds. The molecule has 0 saturated heterocycles. The Balaban J connectivity index is 2.72. The van der Waals surface area contributed by atoms with Crippen molar-refractivity contribution >= 4 is 45.7 Å². The van der Waals surface area contributed by atoms with E-state index in [2.05, 4.69) is 12.6 Å². The first-order valence-electron chi connectivity index (χ1n) is 3.67. The lowest BCUT2D eigenvalue weighted by molar-refractivity contribution is 0.415. The van der Waals surface area contributed by atoms with Crippen LogP contribution in [0.25, 0.3) is 10.1 Å². The van der Waals surface area contributed by atoms with Crippen molar-refractivity contribution in [1.82, 2.24) is 0 Å². The Kier molecular flexibility index (Phi) is 2.41. The summed E-state index contributed by atoms with van der Waals surface area (Å²) in [6.45, 7) is 0.